The highest BCUT2D eigenvalue weighted by Gasteiger charge is 2.26. The fourth-order valence-electron chi connectivity index (χ4n) is 3.32. The number of aromatic nitrogens is 3. The molecule has 0 spiro atoms. The summed E-state index contributed by atoms with van der Waals surface area (Å²) in [7, 11) is -4.09. The average Bonchev–Trinajstić information content (AvgIpc) is 3.34. The SMILES string of the molecule is O=C(NO)C(Cc1ccccc1)NS(=O)(=O)c1ccc(-n2cc(-c3cccc(F)c3)nn2)cc1. The van der Waals surface area contributed by atoms with Crippen molar-refractivity contribution in [1.82, 2.24) is 25.2 Å². The van der Waals surface area contributed by atoms with Crippen molar-refractivity contribution >= 4 is 15.9 Å². The third kappa shape index (κ3) is 5.34. The molecule has 0 fully saturated rings. The zero-order valence-electron chi connectivity index (χ0n) is 17.7. The van der Waals surface area contributed by atoms with E-state index >= 15 is 0 Å². The molecule has 1 unspecified atom stereocenters. The molecule has 0 aliphatic heterocycles. The second-order valence-corrected chi connectivity index (χ2v) is 9.11. The highest BCUT2D eigenvalue weighted by Crippen LogP contribution is 2.20. The van der Waals surface area contributed by atoms with Gasteiger partial charge in [0.1, 0.15) is 17.6 Å². The van der Waals surface area contributed by atoms with Crippen molar-refractivity contribution in [2.45, 2.75) is 17.4 Å². The molecule has 11 heteroatoms. The van der Waals surface area contributed by atoms with Crippen LogP contribution < -0.4 is 10.2 Å². The maximum Gasteiger partial charge on any atom is 0.261 e. The molecule has 174 valence electrons. The first kappa shape index (κ1) is 23.2. The van der Waals surface area contributed by atoms with Gasteiger partial charge in [0.2, 0.25) is 10.0 Å². The maximum absolute atomic E-state index is 13.5. The van der Waals surface area contributed by atoms with Gasteiger partial charge >= 0.3 is 0 Å². The third-order valence-electron chi connectivity index (χ3n) is 5.03. The van der Waals surface area contributed by atoms with Gasteiger partial charge in [-0.05, 0) is 48.4 Å². The predicted octanol–water partition coefficient (Wildman–Crippen LogP) is 2.47. The van der Waals surface area contributed by atoms with E-state index < -0.39 is 27.8 Å². The second kappa shape index (κ2) is 9.91. The van der Waals surface area contributed by atoms with E-state index in [0.29, 0.717) is 16.9 Å². The highest BCUT2D eigenvalue weighted by molar-refractivity contribution is 7.89. The minimum absolute atomic E-state index is 0.0480. The number of nitrogens with zero attached hydrogens (tertiary/aromatic N) is 3. The lowest BCUT2D eigenvalue weighted by atomic mass is 10.1. The zero-order chi connectivity index (χ0) is 24.1. The van der Waals surface area contributed by atoms with Gasteiger partial charge in [0, 0.05) is 5.56 Å². The molecule has 0 bridgehead atoms. The Morgan fingerprint density at radius 2 is 1.76 bits per heavy atom. The van der Waals surface area contributed by atoms with Crippen LogP contribution in [-0.4, -0.2) is 40.6 Å². The Hall–Kier alpha value is -3.93. The van der Waals surface area contributed by atoms with Gasteiger partial charge in [0.25, 0.3) is 5.91 Å². The van der Waals surface area contributed by atoms with E-state index in [1.54, 1.807) is 48.7 Å². The first-order valence-corrected chi connectivity index (χ1v) is 11.6. The average molecular weight is 482 g/mol. The molecule has 1 atom stereocenters. The summed E-state index contributed by atoms with van der Waals surface area (Å²) in [4.78, 5) is 12.0. The van der Waals surface area contributed by atoms with Gasteiger partial charge in [0.15, 0.2) is 0 Å². The van der Waals surface area contributed by atoms with Gasteiger partial charge in [-0.3, -0.25) is 10.0 Å². The smallest absolute Gasteiger partial charge is 0.261 e. The van der Waals surface area contributed by atoms with Crippen LogP contribution in [-0.2, 0) is 21.2 Å². The second-order valence-electron chi connectivity index (χ2n) is 7.39. The summed E-state index contributed by atoms with van der Waals surface area (Å²) < 4.78 is 43.0. The van der Waals surface area contributed by atoms with Gasteiger partial charge < -0.3 is 0 Å². The summed E-state index contributed by atoms with van der Waals surface area (Å²) in [6, 6.07) is 19.3. The van der Waals surface area contributed by atoms with Gasteiger partial charge in [-0.15, -0.1) is 5.10 Å². The molecule has 3 N–H and O–H groups in total. The Bertz CT molecular complexity index is 1390. The molecular formula is C23H20FN5O4S. The molecule has 1 heterocycles. The van der Waals surface area contributed by atoms with E-state index in [9.17, 15) is 17.6 Å². The number of hydrogen-bond donors (Lipinski definition) is 3. The molecule has 4 rings (SSSR count). The molecule has 34 heavy (non-hydrogen) atoms. The molecule has 0 saturated heterocycles. The minimum Gasteiger partial charge on any atom is -0.289 e. The first-order valence-electron chi connectivity index (χ1n) is 10.1. The number of sulfonamides is 1. The highest BCUT2D eigenvalue weighted by atomic mass is 32.2. The van der Waals surface area contributed by atoms with Crippen LogP contribution in [0.25, 0.3) is 16.9 Å². The van der Waals surface area contributed by atoms with Gasteiger partial charge in [-0.2, -0.15) is 4.72 Å². The Kier molecular flexibility index (Phi) is 6.77. The van der Waals surface area contributed by atoms with E-state index in [4.69, 9.17) is 5.21 Å². The molecule has 0 aliphatic carbocycles. The summed E-state index contributed by atoms with van der Waals surface area (Å²) >= 11 is 0. The molecule has 0 aliphatic rings. The normalized spacial score (nSPS) is 12.3. The van der Waals surface area contributed by atoms with Crippen LogP contribution in [0.5, 0.6) is 0 Å². The lowest BCUT2D eigenvalue weighted by molar-refractivity contribution is -0.130. The molecule has 0 radical (unpaired) electrons. The maximum atomic E-state index is 13.5. The molecule has 3 aromatic carbocycles. The Labute approximate surface area is 194 Å². The molecule has 1 amide bonds. The quantitative estimate of drug-likeness (QED) is 0.262. The molecule has 9 nitrogen and oxygen atoms in total. The topological polar surface area (TPSA) is 126 Å². The minimum atomic E-state index is -4.09. The van der Waals surface area contributed by atoms with E-state index in [2.05, 4.69) is 15.0 Å². The number of carbonyl (C=O) groups excluding carboxylic acids is 1. The first-order chi connectivity index (χ1) is 16.4. The van der Waals surface area contributed by atoms with Crippen molar-refractivity contribution in [3.8, 4) is 16.9 Å². The Balaban J connectivity index is 1.52. The summed E-state index contributed by atoms with van der Waals surface area (Å²) in [5, 5.41) is 17.1. The van der Waals surface area contributed by atoms with Crippen molar-refractivity contribution < 1.29 is 22.8 Å². The van der Waals surface area contributed by atoms with Crippen molar-refractivity contribution in [2.24, 2.45) is 0 Å². The summed E-state index contributed by atoms with van der Waals surface area (Å²) in [6.45, 7) is 0. The number of benzene rings is 3. The summed E-state index contributed by atoms with van der Waals surface area (Å²) in [6.07, 6.45) is 1.64. The number of amides is 1. The number of nitrogens with one attached hydrogen (secondary N) is 2. The van der Waals surface area contributed by atoms with Crippen LogP contribution in [0.2, 0.25) is 0 Å². The number of rotatable bonds is 8. The summed E-state index contributed by atoms with van der Waals surface area (Å²) in [5.74, 6) is -1.27. The van der Waals surface area contributed by atoms with Crippen LogP contribution >= 0.6 is 0 Å². The number of hydroxylamine groups is 1. The number of halogens is 1. The van der Waals surface area contributed by atoms with E-state index in [1.807, 2.05) is 0 Å². The van der Waals surface area contributed by atoms with Crippen LogP contribution in [0.15, 0.2) is 90.0 Å². The van der Waals surface area contributed by atoms with Gasteiger partial charge in [0.05, 0.1) is 16.8 Å². The lowest BCUT2D eigenvalue weighted by Crippen LogP contribution is -2.47. The van der Waals surface area contributed by atoms with Crippen LogP contribution in [0.1, 0.15) is 5.56 Å². The lowest BCUT2D eigenvalue weighted by Gasteiger charge is -2.17. The largest absolute Gasteiger partial charge is 0.289 e. The fourth-order valence-corrected chi connectivity index (χ4v) is 4.51. The zero-order valence-corrected chi connectivity index (χ0v) is 18.5. The standard InChI is InChI=1S/C23H20FN5O4S/c24-18-8-4-7-17(14-18)22-15-29(28-25-22)19-9-11-20(12-10-19)34(32,33)27-21(23(30)26-31)13-16-5-2-1-3-6-16/h1-12,14-15,21,27,31H,13H2,(H,26,30). The molecule has 1 aromatic heterocycles. The van der Waals surface area contributed by atoms with Crippen molar-refractivity contribution in [3.05, 3.63) is 96.4 Å². The third-order valence-corrected chi connectivity index (χ3v) is 6.52. The van der Waals surface area contributed by atoms with E-state index in [-0.39, 0.29) is 11.3 Å². The van der Waals surface area contributed by atoms with Gasteiger partial charge in [-0.1, -0.05) is 47.7 Å². The summed E-state index contributed by atoms with van der Waals surface area (Å²) in [5.41, 5.74) is 3.76. The number of carbonyl (C=O) groups is 1. The number of hydrogen-bond acceptors (Lipinski definition) is 6. The van der Waals surface area contributed by atoms with E-state index in [0.717, 1.165) is 5.56 Å². The Morgan fingerprint density at radius 1 is 1.03 bits per heavy atom. The van der Waals surface area contributed by atoms with Crippen LogP contribution in [0, 0.1) is 5.82 Å². The molecule has 4 aromatic rings. The van der Waals surface area contributed by atoms with Crippen molar-refractivity contribution in [1.29, 1.82) is 0 Å². The van der Waals surface area contributed by atoms with Crippen molar-refractivity contribution in [2.75, 3.05) is 0 Å². The molecular weight excluding hydrogens is 461 g/mol. The van der Waals surface area contributed by atoms with E-state index in [1.165, 1.54) is 46.6 Å². The van der Waals surface area contributed by atoms with Crippen molar-refractivity contribution in [3.63, 3.8) is 0 Å². The predicted molar refractivity (Wildman–Crippen MR) is 121 cm³/mol. The van der Waals surface area contributed by atoms with Crippen LogP contribution in [0.4, 0.5) is 4.39 Å². The fraction of sp³-hybridized carbons (Fsp3) is 0.0870. The van der Waals surface area contributed by atoms with Crippen LogP contribution in [0.3, 0.4) is 0 Å². The molecule has 0 saturated carbocycles. The monoisotopic (exact) mass is 481 g/mol. The Morgan fingerprint density at radius 3 is 2.44 bits per heavy atom. The van der Waals surface area contributed by atoms with Gasteiger partial charge in [-0.25, -0.2) is 23.0 Å².